The Labute approximate surface area is 215 Å². The zero-order chi connectivity index (χ0) is 25.2. The topological polar surface area (TPSA) is 81.8 Å². The van der Waals surface area contributed by atoms with Crippen molar-refractivity contribution in [2.24, 2.45) is 0 Å². The molecule has 0 spiro atoms. The summed E-state index contributed by atoms with van der Waals surface area (Å²) in [6.07, 6.45) is 4.58. The van der Waals surface area contributed by atoms with E-state index in [1.165, 1.54) is 12.8 Å². The van der Waals surface area contributed by atoms with Crippen LogP contribution in [0.15, 0.2) is 30.3 Å². The first kappa shape index (κ1) is 25.7. The van der Waals surface area contributed by atoms with Crippen molar-refractivity contribution in [2.45, 2.75) is 58.0 Å². The molecule has 2 saturated heterocycles. The van der Waals surface area contributed by atoms with Crippen molar-refractivity contribution in [1.29, 1.82) is 0 Å². The molecule has 1 aromatic carbocycles. The van der Waals surface area contributed by atoms with Gasteiger partial charge < -0.3 is 20.4 Å². The molecule has 188 valence electrons. The predicted molar refractivity (Wildman–Crippen MR) is 140 cm³/mol. The van der Waals surface area contributed by atoms with Crippen LogP contribution in [0.5, 0.6) is 0 Å². The fourth-order valence-electron chi connectivity index (χ4n) is 4.82. The van der Waals surface area contributed by atoms with Crippen LogP contribution in [-0.4, -0.2) is 65.3 Å². The van der Waals surface area contributed by atoms with Crippen molar-refractivity contribution in [3.8, 4) is 0 Å². The normalized spacial score (nSPS) is 18.6. The molecule has 3 amide bonds. The van der Waals surface area contributed by atoms with Gasteiger partial charge in [0.05, 0.1) is 9.21 Å². The predicted octanol–water partition coefficient (Wildman–Crippen LogP) is 4.56. The van der Waals surface area contributed by atoms with E-state index in [-0.39, 0.29) is 23.8 Å². The molecule has 2 fully saturated rings. The summed E-state index contributed by atoms with van der Waals surface area (Å²) in [5, 5.41) is 5.63. The molecule has 2 N–H and O–H groups in total. The molecular formula is C26H33ClN4O3S. The van der Waals surface area contributed by atoms with Gasteiger partial charge in [-0.25, -0.2) is 0 Å². The molecule has 1 aromatic heterocycles. The van der Waals surface area contributed by atoms with Crippen molar-refractivity contribution in [2.75, 3.05) is 31.5 Å². The average molecular weight is 517 g/mol. The minimum atomic E-state index is -1.14. The van der Waals surface area contributed by atoms with Crippen LogP contribution in [0, 0.1) is 6.92 Å². The highest BCUT2D eigenvalue weighted by Gasteiger charge is 2.33. The SMILES string of the molecule is Cc1cc(NC(=O)C(C)(C)NC(=O)c2ccc(Cl)s2)ccc1C(=O)N1CCC[C@H]1CN1CCCC1. The molecule has 0 aliphatic carbocycles. The number of carbonyl (C=O) groups excluding carboxylic acids is 3. The monoisotopic (exact) mass is 516 g/mol. The van der Waals surface area contributed by atoms with Gasteiger partial charge in [0, 0.05) is 30.4 Å². The number of rotatable bonds is 7. The number of hydrogen-bond acceptors (Lipinski definition) is 5. The molecule has 1 atom stereocenters. The molecule has 0 radical (unpaired) electrons. The van der Waals surface area contributed by atoms with Crippen molar-refractivity contribution in [3.63, 3.8) is 0 Å². The molecule has 4 rings (SSSR count). The van der Waals surface area contributed by atoms with E-state index in [9.17, 15) is 14.4 Å². The van der Waals surface area contributed by atoms with Crippen molar-refractivity contribution < 1.29 is 14.4 Å². The van der Waals surface area contributed by atoms with Gasteiger partial charge in [-0.05, 0) is 95.4 Å². The van der Waals surface area contributed by atoms with E-state index in [4.69, 9.17) is 11.6 Å². The molecule has 0 saturated carbocycles. The molecule has 3 heterocycles. The second kappa shape index (κ2) is 10.7. The number of halogens is 1. The summed E-state index contributed by atoms with van der Waals surface area (Å²) in [4.78, 5) is 43.7. The van der Waals surface area contributed by atoms with Crippen LogP contribution in [0.1, 0.15) is 65.1 Å². The number of thiophene rings is 1. The maximum atomic E-state index is 13.4. The lowest BCUT2D eigenvalue weighted by atomic mass is 10.0. The van der Waals surface area contributed by atoms with Gasteiger partial charge in [-0.3, -0.25) is 14.4 Å². The van der Waals surface area contributed by atoms with Crippen LogP contribution in [0.2, 0.25) is 4.34 Å². The zero-order valence-corrected chi connectivity index (χ0v) is 22.1. The van der Waals surface area contributed by atoms with Crippen LogP contribution in [0.3, 0.4) is 0 Å². The van der Waals surface area contributed by atoms with Gasteiger partial charge in [0.15, 0.2) is 0 Å². The third-order valence-corrected chi connectivity index (χ3v) is 8.04. The summed E-state index contributed by atoms with van der Waals surface area (Å²) in [6.45, 7) is 9.19. The highest BCUT2D eigenvalue weighted by molar-refractivity contribution is 7.18. The Morgan fingerprint density at radius 1 is 1.09 bits per heavy atom. The Morgan fingerprint density at radius 3 is 2.49 bits per heavy atom. The van der Waals surface area contributed by atoms with Crippen LogP contribution in [0.25, 0.3) is 0 Å². The summed E-state index contributed by atoms with van der Waals surface area (Å²) < 4.78 is 0.513. The Hall–Kier alpha value is -2.42. The van der Waals surface area contributed by atoms with Crippen LogP contribution in [-0.2, 0) is 4.79 Å². The van der Waals surface area contributed by atoms with Gasteiger partial charge in [0.2, 0.25) is 5.91 Å². The lowest BCUT2D eigenvalue weighted by Gasteiger charge is -2.29. The number of nitrogens with one attached hydrogen (secondary N) is 2. The first-order valence-electron chi connectivity index (χ1n) is 12.2. The van der Waals surface area contributed by atoms with E-state index in [1.54, 1.807) is 38.1 Å². The number of aryl methyl sites for hydroxylation is 1. The van der Waals surface area contributed by atoms with Crippen molar-refractivity contribution >= 4 is 46.3 Å². The maximum absolute atomic E-state index is 13.4. The molecule has 2 aromatic rings. The third kappa shape index (κ3) is 6.05. The number of carbonyl (C=O) groups is 3. The number of benzene rings is 1. The van der Waals surface area contributed by atoms with E-state index >= 15 is 0 Å². The second-order valence-electron chi connectivity index (χ2n) is 9.97. The highest BCUT2D eigenvalue weighted by Crippen LogP contribution is 2.26. The Balaban J connectivity index is 1.39. The quantitative estimate of drug-likeness (QED) is 0.565. The number of nitrogens with zero attached hydrogens (tertiary/aromatic N) is 2. The first-order chi connectivity index (χ1) is 16.6. The summed E-state index contributed by atoms with van der Waals surface area (Å²) >= 11 is 7.07. The lowest BCUT2D eigenvalue weighted by molar-refractivity contribution is -0.120. The Bertz CT molecular complexity index is 1110. The van der Waals surface area contributed by atoms with Gasteiger partial charge in [-0.2, -0.15) is 0 Å². The smallest absolute Gasteiger partial charge is 0.262 e. The van der Waals surface area contributed by atoms with Crippen LogP contribution < -0.4 is 10.6 Å². The summed E-state index contributed by atoms with van der Waals surface area (Å²) in [5.41, 5.74) is 0.919. The standard InChI is InChI=1S/C26H33ClN4O3S/c1-17-15-18(28-25(34)26(2,3)29-23(32)21-10-11-22(27)35-21)8-9-20(17)24(33)31-14-6-7-19(31)16-30-12-4-5-13-30/h8-11,15,19H,4-7,12-14,16H2,1-3H3,(H,28,34)(H,29,32)/t19-/m0/s1. The van der Waals surface area contributed by atoms with E-state index in [1.807, 2.05) is 17.9 Å². The van der Waals surface area contributed by atoms with Gasteiger partial charge in [0.25, 0.3) is 11.8 Å². The molecular weight excluding hydrogens is 484 g/mol. The van der Waals surface area contributed by atoms with E-state index in [2.05, 4.69) is 15.5 Å². The molecule has 0 unspecified atom stereocenters. The lowest BCUT2D eigenvalue weighted by Crippen LogP contribution is -2.52. The summed E-state index contributed by atoms with van der Waals surface area (Å²) in [6, 6.07) is 8.90. The Morgan fingerprint density at radius 2 is 1.83 bits per heavy atom. The fraction of sp³-hybridized carbons (Fsp3) is 0.500. The molecule has 0 bridgehead atoms. The molecule has 7 nitrogen and oxygen atoms in total. The zero-order valence-electron chi connectivity index (χ0n) is 20.5. The largest absolute Gasteiger partial charge is 0.337 e. The van der Waals surface area contributed by atoms with Gasteiger partial charge in [0.1, 0.15) is 5.54 Å². The minimum absolute atomic E-state index is 0.0595. The van der Waals surface area contributed by atoms with E-state index in [0.29, 0.717) is 20.5 Å². The summed E-state index contributed by atoms with van der Waals surface area (Å²) in [5.74, 6) is -0.644. The average Bonchev–Trinajstić information content (AvgIpc) is 3.56. The molecule has 2 aliphatic heterocycles. The third-order valence-electron chi connectivity index (χ3n) is 6.81. The van der Waals surface area contributed by atoms with Gasteiger partial charge in [-0.1, -0.05) is 11.6 Å². The van der Waals surface area contributed by atoms with Gasteiger partial charge >= 0.3 is 0 Å². The molecule has 9 heteroatoms. The van der Waals surface area contributed by atoms with E-state index < -0.39 is 5.54 Å². The van der Waals surface area contributed by atoms with Crippen molar-refractivity contribution in [3.05, 3.63) is 50.7 Å². The number of hydrogen-bond donors (Lipinski definition) is 2. The first-order valence-corrected chi connectivity index (χ1v) is 13.4. The van der Waals surface area contributed by atoms with Crippen LogP contribution >= 0.6 is 22.9 Å². The van der Waals surface area contributed by atoms with E-state index in [0.717, 1.165) is 55.9 Å². The second-order valence-corrected chi connectivity index (χ2v) is 11.7. The highest BCUT2D eigenvalue weighted by atomic mass is 35.5. The number of anilines is 1. The van der Waals surface area contributed by atoms with Crippen LogP contribution in [0.4, 0.5) is 5.69 Å². The maximum Gasteiger partial charge on any atom is 0.262 e. The number of likely N-dealkylation sites (tertiary alicyclic amines) is 2. The fourth-order valence-corrected chi connectivity index (χ4v) is 5.76. The van der Waals surface area contributed by atoms with Gasteiger partial charge in [-0.15, -0.1) is 11.3 Å². The minimum Gasteiger partial charge on any atom is -0.337 e. The molecule has 2 aliphatic rings. The molecule has 35 heavy (non-hydrogen) atoms. The Kier molecular flexibility index (Phi) is 7.83. The van der Waals surface area contributed by atoms with Crippen molar-refractivity contribution in [1.82, 2.24) is 15.1 Å². The number of amides is 3. The summed E-state index contributed by atoms with van der Waals surface area (Å²) in [7, 11) is 0.